The Hall–Kier alpha value is 0.390. The van der Waals surface area contributed by atoms with Crippen LogP contribution in [0.1, 0.15) is 32.4 Å². The predicted octanol–water partition coefficient (Wildman–Crippen LogP) is 4.36. The summed E-state index contributed by atoms with van der Waals surface area (Å²) < 4.78 is 2.45. The SMILES string of the molecule is CNC(c1cc(Br)ccc1I)C(C)(C)C. The summed E-state index contributed by atoms with van der Waals surface area (Å²) >= 11 is 5.92. The van der Waals surface area contributed by atoms with Crippen molar-refractivity contribution >= 4 is 38.5 Å². The molecule has 1 unspecified atom stereocenters. The maximum atomic E-state index is 3.53. The third-order valence-electron chi connectivity index (χ3n) is 2.42. The lowest BCUT2D eigenvalue weighted by Gasteiger charge is -2.31. The molecular weight excluding hydrogens is 365 g/mol. The van der Waals surface area contributed by atoms with Gasteiger partial charge >= 0.3 is 0 Å². The highest BCUT2D eigenvalue weighted by atomic mass is 127. The number of halogens is 2. The van der Waals surface area contributed by atoms with Gasteiger partial charge in [0, 0.05) is 14.1 Å². The molecule has 15 heavy (non-hydrogen) atoms. The quantitative estimate of drug-likeness (QED) is 0.750. The van der Waals surface area contributed by atoms with Gasteiger partial charge in [0.05, 0.1) is 0 Å². The van der Waals surface area contributed by atoms with Crippen LogP contribution >= 0.6 is 38.5 Å². The lowest BCUT2D eigenvalue weighted by molar-refractivity contribution is 0.286. The highest BCUT2D eigenvalue weighted by Gasteiger charge is 2.26. The average molecular weight is 382 g/mol. The molecule has 0 bridgehead atoms. The van der Waals surface area contributed by atoms with Crippen LogP contribution in [-0.4, -0.2) is 7.05 Å². The number of benzene rings is 1. The van der Waals surface area contributed by atoms with E-state index in [9.17, 15) is 0 Å². The van der Waals surface area contributed by atoms with Gasteiger partial charge in [-0.3, -0.25) is 0 Å². The first-order valence-corrected chi connectivity index (χ1v) is 6.85. The second kappa shape index (κ2) is 5.15. The zero-order valence-corrected chi connectivity index (χ0v) is 13.3. The van der Waals surface area contributed by atoms with Crippen LogP contribution in [0.2, 0.25) is 0 Å². The van der Waals surface area contributed by atoms with Crippen LogP contribution in [0, 0.1) is 8.99 Å². The van der Waals surface area contributed by atoms with E-state index < -0.39 is 0 Å². The molecule has 0 aliphatic rings. The third kappa shape index (κ3) is 3.43. The smallest absolute Gasteiger partial charge is 0.0377 e. The standard InChI is InChI=1S/C12H17BrIN/c1-12(2,3)11(15-4)9-7-8(13)5-6-10(9)14/h5-7,11,15H,1-4H3. The first-order valence-electron chi connectivity index (χ1n) is 4.98. The van der Waals surface area contributed by atoms with Crippen molar-refractivity contribution in [2.24, 2.45) is 5.41 Å². The average Bonchev–Trinajstić information content (AvgIpc) is 2.10. The van der Waals surface area contributed by atoms with Gasteiger partial charge in [-0.2, -0.15) is 0 Å². The molecule has 3 heteroatoms. The first-order chi connectivity index (χ1) is 6.86. The monoisotopic (exact) mass is 381 g/mol. The van der Waals surface area contributed by atoms with E-state index in [1.807, 2.05) is 7.05 Å². The van der Waals surface area contributed by atoms with E-state index in [1.165, 1.54) is 9.13 Å². The van der Waals surface area contributed by atoms with E-state index in [0.717, 1.165) is 4.47 Å². The molecule has 1 N–H and O–H groups in total. The molecule has 1 rings (SSSR count). The van der Waals surface area contributed by atoms with E-state index in [-0.39, 0.29) is 5.41 Å². The summed E-state index contributed by atoms with van der Waals surface area (Å²) in [5.41, 5.74) is 1.58. The Balaban J connectivity index is 3.18. The van der Waals surface area contributed by atoms with Crippen LogP contribution < -0.4 is 5.32 Å². The molecule has 1 aromatic rings. The Kier molecular flexibility index (Phi) is 4.62. The van der Waals surface area contributed by atoms with E-state index in [2.05, 4.69) is 82.8 Å². The highest BCUT2D eigenvalue weighted by molar-refractivity contribution is 14.1. The van der Waals surface area contributed by atoms with Gasteiger partial charge in [0.15, 0.2) is 0 Å². The van der Waals surface area contributed by atoms with E-state index in [0.29, 0.717) is 6.04 Å². The van der Waals surface area contributed by atoms with Crippen LogP contribution in [0.25, 0.3) is 0 Å². The summed E-state index contributed by atoms with van der Waals surface area (Å²) in [4.78, 5) is 0. The zero-order valence-electron chi connectivity index (χ0n) is 9.57. The minimum Gasteiger partial charge on any atom is -0.313 e. The van der Waals surface area contributed by atoms with Crippen molar-refractivity contribution in [2.75, 3.05) is 7.05 Å². The third-order valence-corrected chi connectivity index (χ3v) is 3.90. The van der Waals surface area contributed by atoms with Gasteiger partial charge in [0.25, 0.3) is 0 Å². The second-order valence-electron chi connectivity index (χ2n) is 4.75. The molecule has 84 valence electrons. The topological polar surface area (TPSA) is 12.0 Å². The number of nitrogens with one attached hydrogen (secondary N) is 1. The molecule has 0 saturated heterocycles. The van der Waals surface area contributed by atoms with Crippen molar-refractivity contribution in [2.45, 2.75) is 26.8 Å². The largest absolute Gasteiger partial charge is 0.313 e. The van der Waals surface area contributed by atoms with Gasteiger partial charge in [-0.05, 0) is 58.8 Å². The molecule has 0 spiro atoms. The molecule has 1 aromatic carbocycles. The molecule has 0 aliphatic heterocycles. The number of hydrogen-bond acceptors (Lipinski definition) is 1. The summed E-state index contributed by atoms with van der Waals surface area (Å²) in [6.07, 6.45) is 0. The summed E-state index contributed by atoms with van der Waals surface area (Å²) in [6.45, 7) is 6.77. The Bertz CT molecular complexity index is 344. The molecule has 0 fully saturated rings. The first kappa shape index (κ1) is 13.5. The maximum Gasteiger partial charge on any atom is 0.0377 e. The summed E-state index contributed by atoms with van der Waals surface area (Å²) in [5.74, 6) is 0. The van der Waals surface area contributed by atoms with E-state index in [1.54, 1.807) is 0 Å². The minimum absolute atomic E-state index is 0.218. The highest BCUT2D eigenvalue weighted by Crippen LogP contribution is 2.35. The molecule has 0 aromatic heterocycles. The van der Waals surface area contributed by atoms with E-state index in [4.69, 9.17) is 0 Å². The Morgan fingerprint density at radius 3 is 2.40 bits per heavy atom. The Morgan fingerprint density at radius 1 is 1.33 bits per heavy atom. The van der Waals surface area contributed by atoms with Crippen LogP contribution in [-0.2, 0) is 0 Å². The van der Waals surface area contributed by atoms with Crippen molar-refractivity contribution in [3.8, 4) is 0 Å². The normalized spacial score (nSPS) is 14.0. The van der Waals surface area contributed by atoms with Crippen LogP contribution in [0.3, 0.4) is 0 Å². The maximum absolute atomic E-state index is 3.53. The minimum atomic E-state index is 0.218. The molecule has 0 heterocycles. The molecule has 1 nitrogen and oxygen atoms in total. The fraction of sp³-hybridized carbons (Fsp3) is 0.500. The molecular formula is C12H17BrIN. The van der Waals surface area contributed by atoms with Crippen LogP contribution in [0.5, 0.6) is 0 Å². The van der Waals surface area contributed by atoms with Gasteiger partial charge < -0.3 is 5.32 Å². The molecule has 1 atom stereocenters. The van der Waals surface area contributed by atoms with Crippen molar-refractivity contribution in [1.29, 1.82) is 0 Å². The van der Waals surface area contributed by atoms with Crippen LogP contribution in [0.4, 0.5) is 0 Å². The number of hydrogen-bond donors (Lipinski definition) is 1. The van der Waals surface area contributed by atoms with Gasteiger partial charge in [-0.1, -0.05) is 36.7 Å². The Labute approximate surface area is 114 Å². The summed E-state index contributed by atoms with van der Waals surface area (Å²) in [6, 6.07) is 6.81. The predicted molar refractivity (Wildman–Crippen MR) is 78.1 cm³/mol. The molecule has 0 radical (unpaired) electrons. The summed E-state index contributed by atoms with van der Waals surface area (Å²) in [5, 5.41) is 3.40. The molecule has 0 saturated carbocycles. The molecule has 0 amide bonds. The zero-order chi connectivity index (χ0) is 11.6. The fourth-order valence-corrected chi connectivity index (χ4v) is 2.82. The van der Waals surface area contributed by atoms with Crippen LogP contribution in [0.15, 0.2) is 22.7 Å². The van der Waals surface area contributed by atoms with Gasteiger partial charge in [0.2, 0.25) is 0 Å². The lowest BCUT2D eigenvalue weighted by Crippen LogP contribution is -2.30. The summed E-state index contributed by atoms with van der Waals surface area (Å²) in [7, 11) is 2.02. The van der Waals surface area contributed by atoms with Crippen molar-refractivity contribution in [3.05, 3.63) is 31.8 Å². The van der Waals surface area contributed by atoms with Crippen molar-refractivity contribution < 1.29 is 0 Å². The van der Waals surface area contributed by atoms with Crippen molar-refractivity contribution in [3.63, 3.8) is 0 Å². The van der Waals surface area contributed by atoms with Gasteiger partial charge in [-0.15, -0.1) is 0 Å². The second-order valence-corrected chi connectivity index (χ2v) is 6.83. The van der Waals surface area contributed by atoms with Crippen molar-refractivity contribution in [1.82, 2.24) is 5.32 Å². The lowest BCUT2D eigenvalue weighted by atomic mass is 9.82. The van der Waals surface area contributed by atoms with Gasteiger partial charge in [0.1, 0.15) is 0 Å². The fourth-order valence-electron chi connectivity index (χ4n) is 1.79. The molecule has 0 aliphatic carbocycles. The Morgan fingerprint density at radius 2 is 1.93 bits per heavy atom. The van der Waals surface area contributed by atoms with Gasteiger partial charge in [-0.25, -0.2) is 0 Å². The number of rotatable bonds is 2. The van der Waals surface area contributed by atoms with E-state index >= 15 is 0 Å².